The Hall–Kier alpha value is -3.40. The Bertz CT molecular complexity index is 1540. The molecule has 5 rings (SSSR count). The average molecular weight is 582 g/mol. The number of para-hydroxylation sites is 1. The van der Waals surface area contributed by atoms with Gasteiger partial charge in [0.15, 0.2) is 5.82 Å². The molecule has 8 heteroatoms. The monoisotopic (exact) mass is 581 g/mol. The third-order valence-corrected chi connectivity index (χ3v) is 8.32. The Balaban J connectivity index is 1.40. The zero-order chi connectivity index (χ0) is 29.3. The van der Waals surface area contributed by atoms with E-state index in [0.717, 1.165) is 90.8 Å². The summed E-state index contributed by atoms with van der Waals surface area (Å²) in [5.74, 6) is 0.746. The highest BCUT2D eigenvalue weighted by molar-refractivity contribution is 7.15. The highest BCUT2D eigenvalue weighted by atomic mass is 32.1. The molecule has 0 radical (unpaired) electrons. The molecule has 2 aromatic carbocycles. The van der Waals surface area contributed by atoms with Crippen LogP contribution in [0.25, 0.3) is 38.7 Å². The molecule has 0 amide bonds. The van der Waals surface area contributed by atoms with E-state index in [1.165, 1.54) is 10.4 Å². The van der Waals surface area contributed by atoms with Crippen molar-refractivity contribution in [2.24, 2.45) is 0 Å². The van der Waals surface area contributed by atoms with Gasteiger partial charge in [-0.2, -0.15) is 0 Å². The number of hydrogen-bond acceptors (Lipinski definition) is 7. The van der Waals surface area contributed by atoms with Gasteiger partial charge >= 0.3 is 0 Å². The number of fused-ring (bicyclic) bond motifs is 1. The molecule has 0 atom stereocenters. The number of benzene rings is 2. The molecule has 5 aromatic rings. The van der Waals surface area contributed by atoms with Crippen LogP contribution in [0.3, 0.4) is 0 Å². The van der Waals surface area contributed by atoms with Gasteiger partial charge in [0, 0.05) is 40.8 Å². The topological polar surface area (TPSA) is 61.2 Å². The number of aromatic nitrogens is 3. The summed E-state index contributed by atoms with van der Waals surface area (Å²) in [7, 11) is 8.47. The van der Waals surface area contributed by atoms with Crippen molar-refractivity contribution >= 4 is 22.4 Å². The molecule has 0 unspecified atom stereocenters. The fourth-order valence-electron chi connectivity index (χ4n) is 4.98. The Morgan fingerprint density at radius 2 is 1.43 bits per heavy atom. The Morgan fingerprint density at radius 1 is 0.738 bits per heavy atom. The van der Waals surface area contributed by atoms with Gasteiger partial charge in [0.1, 0.15) is 5.65 Å². The third-order valence-electron chi connectivity index (χ3n) is 7.23. The van der Waals surface area contributed by atoms with Crippen molar-refractivity contribution < 1.29 is 0 Å². The van der Waals surface area contributed by atoms with Crippen LogP contribution in [0.5, 0.6) is 0 Å². The van der Waals surface area contributed by atoms with E-state index in [1.54, 1.807) is 0 Å². The second-order valence-corrected chi connectivity index (χ2v) is 12.5. The van der Waals surface area contributed by atoms with Crippen LogP contribution < -0.4 is 10.6 Å². The zero-order valence-electron chi connectivity index (χ0n) is 25.3. The quantitative estimate of drug-likeness (QED) is 0.150. The number of rotatable bonds is 15. The van der Waals surface area contributed by atoms with Gasteiger partial charge in [0.25, 0.3) is 0 Å². The minimum Gasteiger partial charge on any atom is -0.313 e. The average Bonchev–Trinajstić information content (AvgIpc) is 3.64. The predicted octanol–water partition coefficient (Wildman–Crippen LogP) is 5.90. The minimum absolute atomic E-state index is 0.746. The summed E-state index contributed by atoms with van der Waals surface area (Å²) in [6.45, 7) is 5.93. The summed E-state index contributed by atoms with van der Waals surface area (Å²) >= 11 is 1.81. The molecule has 3 aromatic heterocycles. The van der Waals surface area contributed by atoms with Crippen molar-refractivity contribution in [1.29, 1.82) is 0 Å². The van der Waals surface area contributed by atoms with Crippen molar-refractivity contribution in [1.82, 2.24) is 35.0 Å². The molecule has 0 saturated carbocycles. The summed E-state index contributed by atoms with van der Waals surface area (Å²) in [6.07, 6.45) is 4.38. The first kappa shape index (κ1) is 30.1. The standard InChI is InChI=1S/C34H43N7S/c1-39(2)21-8-19-35-24-26-12-14-27(15-13-26)33-37-32(31-17-16-29(42-31)25-36-20-9-22-40(3)4)30-18-23-41(34(30)38-33)28-10-6-5-7-11-28/h5-7,10-18,23,35-36H,8-9,19-22,24-25H2,1-4H3. The molecule has 7 nitrogen and oxygen atoms in total. The molecule has 220 valence electrons. The fraction of sp³-hybridized carbons (Fsp3) is 0.353. The first-order valence-electron chi connectivity index (χ1n) is 14.8. The van der Waals surface area contributed by atoms with Gasteiger partial charge in [0.05, 0.1) is 10.6 Å². The summed E-state index contributed by atoms with van der Waals surface area (Å²) in [5, 5.41) is 8.21. The second kappa shape index (κ2) is 14.7. The number of hydrogen-bond donors (Lipinski definition) is 2. The molecule has 2 N–H and O–H groups in total. The molecule has 0 bridgehead atoms. The van der Waals surface area contributed by atoms with Gasteiger partial charge in [-0.25, -0.2) is 9.97 Å². The summed E-state index contributed by atoms with van der Waals surface area (Å²) in [4.78, 5) is 17.2. The van der Waals surface area contributed by atoms with E-state index < -0.39 is 0 Å². The Labute approximate surface area is 254 Å². The van der Waals surface area contributed by atoms with E-state index in [4.69, 9.17) is 9.97 Å². The van der Waals surface area contributed by atoms with E-state index >= 15 is 0 Å². The lowest BCUT2D eigenvalue weighted by molar-refractivity contribution is 0.394. The van der Waals surface area contributed by atoms with Crippen molar-refractivity contribution in [3.63, 3.8) is 0 Å². The van der Waals surface area contributed by atoms with Crippen LogP contribution in [-0.4, -0.2) is 78.7 Å². The zero-order valence-corrected chi connectivity index (χ0v) is 26.1. The minimum atomic E-state index is 0.746. The maximum Gasteiger partial charge on any atom is 0.162 e. The second-order valence-electron chi connectivity index (χ2n) is 11.3. The van der Waals surface area contributed by atoms with Crippen molar-refractivity contribution in [3.8, 4) is 27.6 Å². The summed E-state index contributed by atoms with van der Waals surface area (Å²) < 4.78 is 2.16. The number of nitrogens with zero attached hydrogens (tertiary/aromatic N) is 5. The molecule has 42 heavy (non-hydrogen) atoms. The normalized spacial score (nSPS) is 11.8. The molecule has 3 heterocycles. The predicted molar refractivity (Wildman–Crippen MR) is 177 cm³/mol. The van der Waals surface area contributed by atoms with Crippen LogP contribution in [0.2, 0.25) is 0 Å². The molecule has 0 aliphatic rings. The van der Waals surface area contributed by atoms with Gasteiger partial charge in [-0.15, -0.1) is 11.3 Å². The van der Waals surface area contributed by atoms with Gasteiger partial charge in [-0.3, -0.25) is 0 Å². The first-order valence-corrected chi connectivity index (χ1v) is 15.6. The van der Waals surface area contributed by atoms with Crippen LogP contribution in [0.1, 0.15) is 23.3 Å². The number of thiophene rings is 1. The lowest BCUT2D eigenvalue weighted by Gasteiger charge is -2.11. The van der Waals surface area contributed by atoms with E-state index in [2.05, 4.69) is 126 Å². The highest BCUT2D eigenvalue weighted by Crippen LogP contribution is 2.35. The van der Waals surface area contributed by atoms with E-state index in [0.29, 0.717) is 0 Å². The van der Waals surface area contributed by atoms with Crippen molar-refractivity contribution in [2.75, 3.05) is 54.4 Å². The van der Waals surface area contributed by atoms with E-state index in [1.807, 2.05) is 17.4 Å². The molecule has 0 spiro atoms. The smallest absolute Gasteiger partial charge is 0.162 e. The van der Waals surface area contributed by atoms with Gasteiger partial charge in [0.2, 0.25) is 0 Å². The molecular formula is C34H43N7S. The highest BCUT2D eigenvalue weighted by Gasteiger charge is 2.17. The SMILES string of the molecule is CN(C)CCCNCc1ccc(-c2nc(-c3ccc(CNCCCN(C)C)s3)c3ccn(-c4ccccc4)c3n2)cc1. The summed E-state index contributed by atoms with van der Waals surface area (Å²) in [6, 6.07) is 25.6. The largest absolute Gasteiger partial charge is 0.313 e. The molecular weight excluding hydrogens is 538 g/mol. The van der Waals surface area contributed by atoms with Crippen LogP contribution in [-0.2, 0) is 13.1 Å². The van der Waals surface area contributed by atoms with Crippen LogP contribution >= 0.6 is 11.3 Å². The fourth-order valence-corrected chi connectivity index (χ4v) is 5.97. The Kier molecular flexibility index (Phi) is 10.5. The Morgan fingerprint density at radius 3 is 2.12 bits per heavy atom. The van der Waals surface area contributed by atoms with Gasteiger partial charge in [-0.1, -0.05) is 42.5 Å². The maximum atomic E-state index is 5.16. The van der Waals surface area contributed by atoms with Crippen molar-refractivity contribution in [2.45, 2.75) is 25.9 Å². The van der Waals surface area contributed by atoms with Crippen LogP contribution in [0, 0.1) is 0 Å². The summed E-state index contributed by atoms with van der Waals surface area (Å²) in [5.41, 5.74) is 5.28. The third kappa shape index (κ3) is 7.91. The van der Waals surface area contributed by atoms with Gasteiger partial charge < -0.3 is 25.0 Å². The first-order chi connectivity index (χ1) is 20.5. The van der Waals surface area contributed by atoms with E-state index in [9.17, 15) is 0 Å². The lowest BCUT2D eigenvalue weighted by atomic mass is 10.1. The van der Waals surface area contributed by atoms with Crippen LogP contribution in [0.15, 0.2) is 79.0 Å². The maximum absolute atomic E-state index is 5.16. The van der Waals surface area contributed by atoms with Crippen LogP contribution in [0.4, 0.5) is 0 Å². The molecule has 0 saturated heterocycles. The number of nitrogens with one attached hydrogen (secondary N) is 2. The van der Waals surface area contributed by atoms with Gasteiger partial charge in [-0.05, 0) is 103 Å². The lowest BCUT2D eigenvalue weighted by Crippen LogP contribution is -2.20. The van der Waals surface area contributed by atoms with Crippen molar-refractivity contribution in [3.05, 3.63) is 89.4 Å². The molecule has 0 fully saturated rings. The van der Waals surface area contributed by atoms with E-state index in [-0.39, 0.29) is 0 Å². The molecule has 0 aliphatic carbocycles. The molecule has 0 aliphatic heterocycles.